The number of carbonyl (C=O) groups excluding carboxylic acids is 1. The van der Waals surface area contributed by atoms with Gasteiger partial charge in [-0.3, -0.25) is 4.79 Å². The molecule has 58 heavy (non-hydrogen) atoms. The first-order chi connectivity index (χ1) is 27.9. The minimum atomic E-state index is -1.18. The van der Waals surface area contributed by atoms with Crippen molar-refractivity contribution >= 4 is 11.9 Å². The van der Waals surface area contributed by atoms with Crippen LogP contribution in [0.25, 0.3) is 0 Å². The van der Waals surface area contributed by atoms with Gasteiger partial charge in [-0.1, -0.05) is 106 Å². The quantitative estimate of drug-likeness (QED) is 0.122. The van der Waals surface area contributed by atoms with Crippen LogP contribution in [-0.2, 0) is 33.3 Å². The summed E-state index contributed by atoms with van der Waals surface area (Å²) >= 11 is 0. The number of carbonyl (C=O) groups is 2. The highest BCUT2D eigenvalue weighted by Crippen LogP contribution is 2.38. The minimum Gasteiger partial charge on any atom is -0.481 e. The number of aliphatic hydroxyl groups excluding tert-OH is 3. The van der Waals surface area contributed by atoms with Gasteiger partial charge in [0.25, 0.3) is 0 Å². The molecule has 4 N–H and O–H groups in total. The zero-order chi connectivity index (χ0) is 41.6. The Morgan fingerprint density at radius 3 is 2.34 bits per heavy atom. The van der Waals surface area contributed by atoms with Crippen molar-refractivity contribution in [3.63, 3.8) is 0 Å². The maximum absolute atomic E-state index is 13.0. The van der Waals surface area contributed by atoms with Crippen LogP contribution in [0.15, 0.2) is 96.7 Å². The fourth-order valence-corrected chi connectivity index (χ4v) is 8.38. The molecule has 6 aliphatic heterocycles. The van der Waals surface area contributed by atoms with E-state index in [-0.39, 0.29) is 67.2 Å². The number of carboxylic acids is 1. The third-order valence-electron chi connectivity index (χ3n) is 12.0. The zero-order valence-corrected chi connectivity index (χ0v) is 34.5. The van der Waals surface area contributed by atoms with Crippen molar-refractivity contribution in [2.24, 2.45) is 17.8 Å². The van der Waals surface area contributed by atoms with Gasteiger partial charge in [0.05, 0.1) is 42.7 Å². The largest absolute Gasteiger partial charge is 0.481 e. The second-order valence-corrected chi connectivity index (χ2v) is 16.6. The van der Waals surface area contributed by atoms with Gasteiger partial charge in [0, 0.05) is 37.2 Å². The Balaban J connectivity index is 1.29. The molecule has 0 aliphatic carbocycles. The number of allylic oxidation sites excluding steroid dienone is 7. The molecule has 0 saturated carbocycles. The van der Waals surface area contributed by atoms with Gasteiger partial charge in [0.1, 0.15) is 24.4 Å². The van der Waals surface area contributed by atoms with Gasteiger partial charge < -0.3 is 44.1 Å². The van der Waals surface area contributed by atoms with Gasteiger partial charge in [-0.25, -0.2) is 4.79 Å². The van der Waals surface area contributed by atoms with Crippen LogP contribution in [0, 0.1) is 17.8 Å². The molecule has 11 heteroatoms. The van der Waals surface area contributed by atoms with E-state index in [0.717, 1.165) is 31.3 Å². The fourth-order valence-electron chi connectivity index (χ4n) is 8.38. The summed E-state index contributed by atoms with van der Waals surface area (Å²) in [5.74, 6) is -1.09. The number of carboxylic acid groups (broad SMARTS) is 1. The number of hydrogen-bond donors (Lipinski definition) is 4. The molecule has 0 radical (unpaired) electrons. The zero-order valence-electron chi connectivity index (χ0n) is 34.5. The molecule has 5 unspecified atom stereocenters. The number of esters is 1. The van der Waals surface area contributed by atoms with Crippen LogP contribution in [0.3, 0.4) is 0 Å². The maximum Gasteiger partial charge on any atom is 0.331 e. The molecular weight excluding hydrogens is 741 g/mol. The van der Waals surface area contributed by atoms with Gasteiger partial charge in [0.15, 0.2) is 6.10 Å². The lowest BCUT2D eigenvalue weighted by molar-refractivity contribution is -0.175. The standard InChI is InChI=1S/C47H66O11/c1-30(17-14-15-23-44(50)51)27-31(2)47-40-26-25-34(54-47)18-10-6-5-7-11-19-35(48)46(53)43-28-36(49)32(3)37(56-43)21-16-22-38-33(4)41-29-42(55-38)39(57-41)20-12-8-9-13-24-45(52)58-40/h6,8-13,16,19-20,22,24-27,30,32-43,46-49,53H,5,7,14-15,17-18,21,23,28-29H2,1-4H3,(H,50,51)/b9-8-,10-6+,19-11+,20-12+,22-16+,24-13-,31-27+/t30-,32-,33?,34?,35+,36+,37-,38+,39-,40?,41?,42+,43-,46+,47?/m1/s1. The van der Waals surface area contributed by atoms with Crippen molar-refractivity contribution in [2.75, 3.05) is 0 Å². The SMILES string of the molecule is C/C(=C\[C@H](C)CCCCC(=O)O)C1OC2C=CC1OC(=O)\C=C/C=C\C=C\[C@H]1OC3C[C@@H]1O[C@@H](/C=C/C[C@H]1O[C@H](C[C@H](O)[C@H]1C)[C@@H](O)[C@@H](O)/C=C/CC/C=C/C2)C3C. The molecule has 6 rings (SSSR count). The van der Waals surface area contributed by atoms with Gasteiger partial charge in [-0.15, -0.1) is 0 Å². The summed E-state index contributed by atoms with van der Waals surface area (Å²) in [6.07, 6.45) is 28.3. The topological polar surface area (TPSA) is 161 Å². The first-order valence-electron chi connectivity index (χ1n) is 21.3. The van der Waals surface area contributed by atoms with E-state index in [1.165, 1.54) is 6.08 Å². The lowest BCUT2D eigenvalue weighted by atomic mass is 9.85. The maximum atomic E-state index is 13.0. The third kappa shape index (κ3) is 13.6. The van der Waals surface area contributed by atoms with Crippen LogP contribution in [0.1, 0.15) is 91.9 Å². The summed E-state index contributed by atoms with van der Waals surface area (Å²) in [7, 11) is 0. The van der Waals surface area contributed by atoms with E-state index in [0.29, 0.717) is 25.7 Å². The molecule has 0 aromatic carbocycles. The molecule has 0 amide bonds. The van der Waals surface area contributed by atoms with Crippen LogP contribution in [0.2, 0.25) is 0 Å². The number of rotatable bonds is 7. The summed E-state index contributed by atoms with van der Waals surface area (Å²) in [6.45, 7) is 8.15. The Hall–Kier alpha value is -3.42. The summed E-state index contributed by atoms with van der Waals surface area (Å²) in [5.41, 5.74) is 0.945. The van der Waals surface area contributed by atoms with Crippen LogP contribution in [0.4, 0.5) is 0 Å². The lowest BCUT2D eigenvalue weighted by Gasteiger charge is -2.40. The number of unbranched alkanes of at least 4 members (excludes halogenated alkanes) is 1. The fraction of sp³-hybridized carbons (Fsp3) is 0.617. The van der Waals surface area contributed by atoms with Crippen molar-refractivity contribution < 1.29 is 53.7 Å². The van der Waals surface area contributed by atoms with Crippen molar-refractivity contribution in [1.29, 1.82) is 0 Å². The highest BCUT2D eigenvalue weighted by Gasteiger charge is 2.45. The van der Waals surface area contributed by atoms with E-state index >= 15 is 0 Å². The highest BCUT2D eigenvalue weighted by atomic mass is 16.6. The van der Waals surface area contributed by atoms with E-state index in [1.54, 1.807) is 18.2 Å². The van der Waals surface area contributed by atoms with Crippen molar-refractivity contribution in [1.82, 2.24) is 0 Å². The van der Waals surface area contributed by atoms with Gasteiger partial charge >= 0.3 is 11.9 Å². The van der Waals surface area contributed by atoms with Crippen LogP contribution >= 0.6 is 0 Å². The third-order valence-corrected chi connectivity index (χ3v) is 12.0. The number of fused-ring (bicyclic) bond motifs is 13. The molecule has 7 bridgehead atoms. The molecular formula is C47H66O11. The number of aliphatic carboxylic acids is 1. The molecule has 6 heterocycles. The lowest BCUT2D eigenvalue weighted by Crippen LogP contribution is -2.50. The second kappa shape index (κ2) is 22.8. The molecule has 0 aromatic heterocycles. The van der Waals surface area contributed by atoms with Crippen LogP contribution in [0.5, 0.6) is 0 Å². The minimum absolute atomic E-state index is 0.0508. The van der Waals surface area contributed by atoms with Gasteiger partial charge in [-0.2, -0.15) is 0 Å². The highest BCUT2D eigenvalue weighted by molar-refractivity contribution is 5.82. The van der Waals surface area contributed by atoms with Crippen LogP contribution < -0.4 is 0 Å². The first kappa shape index (κ1) is 45.7. The Bertz CT molecular complexity index is 1570. The monoisotopic (exact) mass is 806 g/mol. The molecule has 6 aliphatic rings. The summed E-state index contributed by atoms with van der Waals surface area (Å²) in [6, 6.07) is 0. The van der Waals surface area contributed by atoms with E-state index in [4.69, 9.17) is 28.8 Å². The normalized spacial score (nSPS) is 41.7. The number of hydrogen-bond acceptors (Lipinski definition) is 10. The summed E-state index contributed by atoms with van der Waals surface area (Å²) in [4.78, 5) is 23.9. The van der Waals surface area contributed by atoms with Crippen LogP contribution in [-0.4, -0.2) is 106 Å². The predicted molar refractivity (Wildman–Crippen MR) is 222 cm³/mol. The van der Waals surface area contributed by atoms with Gasteiger partial charge in [0.2, 0.25) is 0 Å². The van der Waals surface area contributed by atoms with Gasteiger partial charge in [-0.05, 0) is 63.0 Å². The Kier molecular flexibility index (Phi) is 18.0. The van der Waals surface area contributed by atoms with E-state index < -0.39 is 48.6 Å². The van der Waals surface area contributed by atoms with E-state index in [1.807, 2.05) is 62.5 Å². The molecule has 3 fully saturated rings. The number of ether oxygens (including phenoxy) is 5. The summed E-state index contributed by atoms with van der Waals surface area (Å²) in [5, 5.41) is 41.7. The average molecular weight is 807 g/mol. The first-order valence-corrected chi connectivity index (χ1v) is 21.3. The number of aliphatic hydroxyl groups is 3. The Morgan fingerprint density at radius 1 is 0.759 bits per heavy atom. The molecule has 11 nitrogen and oxygen atoms in total. The van der Waals surface area contributed by atoms with Crippen molar-refractivity contribution in [2.45, 2.75) is 165 Å². The molecule has 15 atom stereocenters. The Morgan fingerprint density at radius 2 is 1.53 bits per heavy atom. The van der Waals surface area contributed by atoms with Crippen molar-refractivity contribution in [3.8, 4) is 0 Å². The molecule has 0 aromatic rings. The Labute approximate surface area is 344 Å². The van der Waals surface area contributed by atoms with Crippen molar-refractivity contribution in [3.05, 3.63) is 96.7 Å². The average Bonchev–Trinajstić information content (AvgIpc) is 3.54. The van der Waals surface area contributed by atoms with E-state index in [2.05, 4.69) is 32.1 Å². The molecule has 3 saturated heterocycles. The molecule has 320 valence electrons. The molecule has 0 spiro atoms. The smallest absolute Gasteiger partial charge is 0.331 e. The predicted octanol–water partition coefficient (Wildman–Crippen LogP) is 6.80. The summed E-state index contributed by atoms with van der Waals surface area (Å²) < 4.78 is 31.5. The second-order valence-electron chi connectivity index (χ2n) is 16.6. The van der Waals surface area contributed by atoms with E-state index in [9.17, 15) is 24.9 Å².